The molecule has 10 aromatic rings. The summed E-state index contributed by atoms with van der Waals surface area (Å²) in [5.74, 6) is 0.711. The lowest BCUT2D eigenvalue weighted by Gasteiger charge is -2.12. The van der Waals surface area contributed by atoms with Crippen molar-refractivity contribution in [2.45, 2.75) is 0 Å². The van der Waals surface area contributed by atoms with Crippen molar-refractivity contribution < 1.29 is 4.42 Å². The number of benzene rings is 6. The third kappa shape index (κ3) is 3.11. The second-order valence-corrected chi connectivity index (χ2v) is 11.3. The molecule has 4 aromatic heterocycles. The summed E-state index contributed by atoms with van der Waals surface area (Å²) in [4.78, 5) is 10.7. The van der Waals surface area contributed by atoms with Crippen LogP contribution in [0.5, 0.6) is 0 Å². The molecule has 0 spiro atoms. The molecule has 4 heterocycles. The first-order valence-electron chi connectivity index (χ1n) is 14.9. The Kier molecular flexibility index (Phi) is 4.69. The van der Waals surface area contributed by atoms with E-state index in [4.69, 9.17) is 14.4 Å². The van der Waals surface area contributed by atoms with Crippen molar-refractivity contribution >= 4 is 70.9 Å². The molecule has 0 saturated heterocycles. The number of aromatic nitrogens is 3. The van der Waals surface area contributed by atoms with Gasteiger partial charge in [-0.3, -0.25) is 0 Å². The van der Waals surface area contributed by atoms with Gasteiger partial charge >= 0.3 is 0 Å². The van der Waals surface area contributed by atoms with Gasteiger partial charge in [-0.25, -0.2) is 9.97 Å². The minimum atomic E-state index is 0.711. The average Bonchev–Trinajstić information content (AvgIpc) is 3.65. The van der Waals surface area contributed by atoms with Gasteiger partial charge in [0.25, 0.3) is 0 Å². The van der Waals surface area contributed by atoms with Crippen molar-refractivity contribution in [3.8, 4) is 22.6 Å². The summed E-state index contributed by atoms with van der Waals surface area (Å²) in [6.45, 7) is 0. The topological polar surface area (TPSA) is 43.3 Å². The standard InChI is InChI=1S/C40H23N3O/c1-2-14-26-24(12-1)25-13-4-8-20-32(25)43-33-21-9-5-16-28(33)37(39(26)43)40-41-31-19-7-3-15-27(31)38(42-40)30-18-11-23-35-36(30)29-17-6-10-22-34(29)44-35/h1-23H. The molecule has 0 saturated carbocycles. The second kappa shape index (κ2) is 8.76. The first-order chi connectivity index (χ1) is 21.8. The van der Waals surface area contributed by atoms with Gasteiger partial charge in [-0.2, -0.15) is 0 Å². The van der Waals surface area contributed by atoms with E-state index in [0.29, 0.717) is 5.82 Å². The van der Waals surface area contributed by atoms with Crippen LogP contribution in [-0.2, 0) is 0 Å². The summed E-state index contributed by atoms with van der Waals surface area (Å²) in [7, 11) is 0. The fourth-order valence-electron chi connectivity index (χ4n) is 7.16. The van der Waals surface area contributed by atoms with Gasteiger partial charge in [0, 0.05) is 37.9 Å². The lowest BCUT2D eigenvalue weighted by molar-refractivity contribution is 0.669. The van der Waals surface area contributed by atoms with Gasteiger partial charge in [-0.1, -0.05) is 109 Å². The van der Waals surface area contributed by atoms with Crippen LogP contribution in [0.15, 0.2) is 144 Å². The Bertz CT molecular complexity index is 2790. The lowest BCUT2D eigenvalue weighted by Crippen LogP contribution is -1.96. The molecule has 0 aliphatic carbocycles. The maximum absolute atomic E-state index is 6.29. The van der Waals surface area contributed by atoms with Gasteiger partial charge in [-0.15, -0.1) is 0 Å². The minimum Gasteiger partial charge on any atom is -0.456 e. The van der Waals surface area contributed by atoms with Crippen LogP contribution in [0.1, 0.15) is 0 Å². The number of rotatable bonds is 2. The van der Waals surface area contributed by atoms with Crippen molar-refractivity contribution in [3.05, 3.63) is 140 Å². The highest BCUT2D eigenvalue weighted by Gasteiger charge is 2.23. The average molecular weight is 562 g/mol. The maximum atomic E-state index is 6.29. The van der Waals surface area contributed by atoms with Crippen LogP contribution in [0, 0.1) is 0 Å². The van der Waals surface area contributed by atoms with E-state index in [9.17, 15) is 0 Å². The fraction of sp³-hybridized carbons (Fsp3) is 0. The number of hydrogen-bond acceptors (Lipinski definition) is 3. The van der Waals surface area contributed by atoms with Crippen LogP contribution in [0.4, 0.5) is 0 Å². The quantitative estimate of drug-likeness (QED) is 0.197. The molecule has 204 valence electrons. The monoisotopic (exact) mass is 561 g/mol. The van der Waals surface area contributed by atoms with Gasteiger partial charge in [0.1, 0.15) is 11.2 Å². The molecule has 0 radical (unpaired) electrons. The molecule has 0 atom stereocenters. The van der Waals surface area contributed by atoms with Crippen LogP contribution in [0.25, 0.3) is 93.6 Å². The van der Waals surface area contributed by atoms with Crippen molar-refractivity contribution in [3.63, 3.8) is 0 Å². The van der Waals surface area contributed by atoms with E-state index in [1.165, 1.54) is 21.7 Å². The summed E-state index contributed by atoms with van der Waals surface area (Å²) in [6, 6.07) is 48.8. The van der Waals surface area contributed by atoms with Gasteiger partial charge in [-0.05, 0) is 35.7 Å². The Morgan fingerprint density at radius 3 is 1.91 bits per heavy atom. The molecule has 0 N–H and O–H groups in total. The summed E-state index contributed by atoms with van der Waals surface area (Å²) in [5, 5.41) is 7.91. The fourth-order valence-corrected chi connectivity index (χ4v) is 7.16. The second-order valence-electron chi connectivity index (χ2n) is 11.3. The summed E-state index contributed by atoms with van der Waals surface area (Å²) >= 11 is 0. The van der Waals surface area contributed by atoms with E-state index in [2.05, 4.69) is 126 Å². The summed E-state index contributed by atoms with van der Waals surface area (Å²) < 4.78 is 8.68. The number of pyridine rings is 1. The number of hydrogen-bond donors (Lipinski definition) is 0. The summed E-state index contributed by atoms with van der Waals surface area (Å²) in [5.41, 5.74) is 9.03. The first kappa shape index (κ1) is 23.6. The number of para-hydroxylation sites is 4. The third-order valence-corrected chi connectivity index (χ3v) is 8.98. The molecule has 0 bridgehead atoms. The Hall–Kier alpha value is -6.00. The predicted octanol–water partition coefficient (Wildman–Crippen LogP) is 10.6. The van der Waals surface area contributed by atoms with Crippen molar-refractivity contribution in [1.29, 1.82) is 0 Å². The Morgan fingerprint density at radius 2 is 1.07 bits per heavy atom. The van der Waals surface area contributed by atoms with E-state index < -0.39 is 0 Å². The van der Waals surface area contributed by atoms with Crippen LogP contribution in [-0.4, -0.2) is 14.4 Å². The SMILES string of the molecule is c1ccc2c(-c3cccc4oc5ccccc5c34)nc(-c3c4ccccc4n4c5ccccc5c5ccccc5c34)nc2c1. The zero-order chi connectivity index (χ0) is 28.8. The highest BCUT2D eigenvalue weighted by atomic mass is 16.3. The maximum Gasteiger partial charge on any atom is 0.163 e. The number of fused-ring (bicyclic) bond motifs is 12. The normalized spacial score (nSPS) is 12.1. The van der Waals surface area contributed by atoms with Crippen LogP contribution < -0.4 is 0 Å². The van der Waals surface area contributed by atoms with E-state index in [0.717, 1.165) is 66.1 Å². The molecule has 44 heavy (non-hydrogen) atoms. The molecule has 0 aliphatic heterocycles. The molecule has 4 nitrogen and oxygen atoms in total. The molecular weight excluding hydrogens is 538 g/mol. The van der Waals surface area contributed by atoms with E-state index >= 15 is 0 Å². The van der Waals surface area contributed by atoms with Crippen molar-refractivity contribution in [2.24, 2.45) is 0 Å². The highest BCUT2D eigenvalue weighted by Crippen LogP contribution is 2.43. The smallest absolute Gasteiger partial charge is 0.163 e. The Labute approximate surface area is 251 Å². The molecule has 4 heteroatoms. The predicted molar refractivity (Wildman–Crippen MR) is 181 cm³/mol. The van der Waals surface area contributed by atoms with E-state index in [1.807, 2.05) is 18.2 Å². The molecular formula is C40H23N3O. The van der Waals surface area contributed by atoms with E-state index in [-0.39, 0.29) is 0 Å². The lowest BCUT2D eigenvalue weighted by atomic mass is 9.99. The van der Waals surface area contributed by atoms with Gasteiger partial charge in [0.05, 0.1) is 33.3 Å². The van der Waals surface area contributed by atoms with Crippen LogP contribution in [0.2, 0.25) is 0 Å². The van der Waals surface area contributed by atoms with Gasteiger partial charge in [0.15, 0.2) is 5.82 Å². The van der Waals surface area contributed by atoms with Crippen molar-refractivity contribution in [1.82, 2.24) is 14.4 Å². The Balaban J connectivity index is 1.40. The molecule has 10 rings (SSSR count). The van der Waals surface area contributed by atoms with Gasteiger partial charge in [0.2, 0.25) is 0 Å². The number of nitrogens with zero attached hydrogens (tertiary/aromatic N) is 3. The highest BCUT2D eigenvalue weighted by molar-refractivity contribution is 6.22. The molecule has 6 aromatic carbocycles. The van der Waals surface area contributed by atoms with Crippen LogP contribution in [0.3, 0.4) is 0 Å². The van der Waals surface area contributed by atoms with Crippen LogP contribution >= 0.6 is 0 Å². The molecule has 0 fully saturated rings. The Morgan fingerprint density at radius 1 is 0.455 bits per heavy atom. The largest absolute Gasteiger partial charge is 0.456 e. The first-order valence-corrected chi connectivity index (χ1v) is 14.9. The van der Waals surface area contributed by atoms with Gasteiger partial charge < -0.3 is 8.82 Å². The third-order valence-electron chi connectivity index (χ3n) is 8.98. The van der Waals surface area contributed by atoms with Crippen molar-refractivity contribution in [2.75, 3.05) is 0 Å². The summed E-state index contributed by atoms with van der Waals surface area (Å²) in [6.07, 6.45) is 0. The molecule has 0 amide bonds. The zero-order valence-electron chi connectivity index (χ0n) is 23.5. The zero-order valence-corrected chi connectivity index (χ0v) is 23.5. The van der Waals surface area contributed by atoms with E-state index in [1.54, 1.807) is 0 Å². The number of furan rings is 1. The molecule has 0 aliphatic rings. The minimum absolute atomic E-state index is 0.711. The molecule has 0 unspecified atom stereocenters.